The number of amides is 1. The first kappa shape index (κ1) is 18.6. The summed E-state index contributed by atoms with van der Waals surface area (Å²) in [6.07, 6.45) is 0. The van der Waals surface area contributed by atoms with Crippen molar-refractivity contribution in [3.05, 3.63) is 69.8 Å². The van der Waals surface area contributed by atoms with Crippen LogP contribution >= 0.6 is 0 Å². The number of aromatic nitrogens is 2. The maximum absolute atomic E-state index is 12.8. The van der Waals surface area contributed by atoms with Crippen molar-refractivity contribution in [1.82, 2.24) is 9.66 Å². The number of aryl methyl sites for hydroxylation is 1. The molecule has 0 radical (unpaired) electrons. The smallest absolute Gasteiger partial charge is 0.280 e. The van der Waals surface area contributed by atoms with Gasteiger partial charge in [0.1, 0.15) is 12.4 Å². The predicted molar refractivity (Wildman–Crippen MR) is 106 cm³/mol. The molecule has 1 heterocycles. The van der Waals surface area contributed by atoms with Crippen LogP contribution in [0.2, 0.25) is 0 Å². The number of ether oxygens (including phenoxy) is 1. The lowest BCUT2D eigenvalue weighted by Gasteiger charge is -2.17. The largest absolute Gasteiger partial charge is 0.485 e. The van der Waals surface area contributed by atoms with Gasteiger partial charge in [0.15, 0.2) is 5.82 Å². The van der Waals surface area contributed by atoms with Gasteiger partial charge < -0.3 is 4.74 Å². The number of rotatable bonds is 5. The van der Waals surface area contributed by atoms with Crippen molar-refractivity contribution >= 4 is 16.8 Å². The topological polar surface area (TPSA) is 73.2 Å². The first-order valence-electron chi connectivity index (χ1n) is 8.88. The van der Waals surface area contributed by atoms with Gasteiger partial charge in [0.2, 0.25) is 5.91 Å². The van der Waals surface area contributed by atoms with Crippen LogP contribution in [0.1, 0.15) is 43.6 Å². The van der Waals surface area contributed by atoms with Gasteiger partial charge >= 0.3 is 0 Å². The van der Waals surface area contributed by atoms with Crippen molar-refractivity contribution in [3.8, 4) is 5.75 Å². The molecule has 1 N–H and O–H groups in total. The Morgan fingerprint density at radius 3 is 2.67 bits per heavy atom. The lowest BCUT2D eigenvalue weighted by Crippen LogP contribution is -2.35. The van der Waals surface area contributed by atoms with Crippen LogP contribution in [0, 0.1) is 6.92 Å². The molecule has 0 aliphatic rings. The number of hydrogen-bond donors (Lipinski definition) is 1. The second-order valence-corrected chi connectivity index (χ2v) is 6.84. The molecule has 0 aliphatic heterocycles. The van der Waals surface area contributed by atoms with Gasteiger partial charge in [-0.25, -0.2) is 4.98 Å². The Hall–Kier alpha value is -3.15. The molecule has 0 saturated carbocycles. The molecule has 6 heteroatoms. The molecular formula is C21H23N3O3. The number of carbonyl (C=O) groups is 1. The summed E-state index contributed by atoms with van der Waals surface area (Å²) in [5.41, 5.74) is 5.02. The molecule has 0 aliphatic carbocycles. The van der Waals surface area contributed by atoms with E-state index in [1.54, 1.807) is 18.2 Å². The number of hydrogen-bond acceptors (Lipinski definition) is 4. The van der Waals surface area contributed by atoms with Crippen LogP contribution in [-0.4, -0.2) is 15.6 Å². The van der Waals surface area contributed by atoms with Gasteiger partial charge in [-0.15, -0.1) is 0 Å². The Morgan fingerprint density at radius 2 is 1.96 bits per heavy atom. The Bertz CT molecular complexity index is 1050. The molecule has 0 atom stereocenters. The number of carbonyl (C=O) groups excluding carboxylic acids is 1. The average molecular weight is 365 g/mol. The minimum Gasteiger partial charge on any atom is -0.485 e. The average Bonchev–Trinajstić information content (AvgIpc) is 2.63. The maximum atomic E-state index is 12.8. The number of fused-ring (bicyclic) bond motifs is 1. The van der Waals surface area contributed by atoms with Gasteiger partial charge in [-0.05, 0) is 36.6 Å². The molecule has 0 saturated heterocycles. The Labute approximate surface area is 157 Å². The van der Waals surface area contributed by atoms with Crippen LogP contribution in [0.15, 0.2) is 47.3 Å². The normalized spacial score (nSPS) is 11.0. The van der Waals surface area contributed by atoms with E-state index >= 15 is 0 Å². The highest BCUT2D eigenvalue weighted by Crippen LogP contribution is 2.28. The molecule has 27 heavy (non-hydrogen) atoms. The van der Waals surface area contributed by atoms with Crippen molar-refractivity contribution in [3.63, 3.8) is 0 Å². The molecule has 140 valence electrons. The van der Waals surface area contributed by atoms with Gasteiger partial charge in [-0.1, -0.05) is 43.7 Å². The number of para-hydroxylation sites is 1. The Kier molecular flexibility index (Phi) is 5.26. The third-order valence-electron chi connectivity index (χ3n) is 4.26. The molecule has 1 aromatic heterocycles. The summed E-state index contributed by atoms with van der Waals surface area (Å²) < 4.78 is 7.15. The standard InChI is InChI=1S/C21H23N3O3/c1-13(2)17-11-14(3)9-10-19(17)27-12-20-22-18-8-6-5-7-16(18)21(26)24(20)23-15(4)25/h5-11,13H,12H2,1-4H3,(H,23,25). The molecule has 2 aromatic carbocycles. The van der Waals surface area contributed by atoms with Crippen LogP contribution in [0.25, 0.3) is 10.9 Å². The van der Waals surface area contributed by atoms with Gasteiger partial charge in [-0.2, -0.15) is 4.68 Å². The Balaban J connectivity index is 2.02. The van der Waals surface area contributed by atoms with Crippen molar-refractivity contribution < 1.29 is 9.53 Å². The van der Waals surface area contributed by atoms with Crippen LogP contribution in [0.3, 0.4) is 0 Å². The molecule has 3 rings (SSSR count). The van der Waals surface area contributed by atoms with Gasteiger partial charge in [0.05, 0.1) is 10.9 Å². The van der Waals surface area contributed by atoms with E-state index in [0.29, 0.717) is 22.6 Å². The fraction of sp³-hybridized carbons (Fsp3) is 0.286. The number of nitrogens with zero attached hydrogens (tertiary/aromatic N) is 2. The molecule has 0 spiro atoms. The predicted octanol–water partition coefficient (Wildman–Crippen LogP) is 3.50. The summed E-state index contributed by atoms with van der Waals surface area (Å²) in [6.45, 7) is 7.65. The third kappa shape index (κ3) is 4.00. The molecule has 6 nitrogen and oxygen atoms in total. The molecule has 0 unspecified atom stereocenters. The molecule has 0 bridgehead atoms. The van der Waals surface area contributed by atoms with Crippen molar-refractivity contribution in [2.45, 2.75) is 40.2 Å². The van der Waals surface area contributed by atoms with Crippen molar-refractivity contribution in [2.75, 3.05) is 5.43 Å². The minimum atomic E-state index is -0.353. The van der Waals surface area contributed by atoms with Crippen LogP contribution in [-0.2, 0) is 11.4 Å². The van der Waals surface area contributed by atoms with E-state index in [1.807, 2.05) is 25.1 Å². The SMILES string of the molecule is CC(=O)Nn1c(COc2ccc(C)cc2C(C)C)nc2ccccc2c1=O. The van der Waals surface area contributed by atoms with Crippen molar-refractivity contribution in [2.24, 2.45) is 0 Å². The molecular weight excluding hydrogens is 342 g/mol. The fourth-order valence-electron chi connectivity index (χ4n) is 2.94. The second kappa shape index (κ2) is 7.61. The summed E-state index contributed by atoms with van der Waals surface area (Å²) in [5, 5.41) is 0.438. The molecule has 3 aromatic rings. The van der Waals surface area contributed by atoms with Crippen LogP contribution in [0.5, 0.6) is 5.75 Å². The highest BCUT2D eigenvalue weighted by Gasteiger charge is 2.14. The minimum absolute atomic E-state index is 0.0587. The number of nitrogens with one attached hydrogen (secondary N) is 1. The zero-order valence-corrected chi connectivity index (χ0v) is 15.9. The van der Waals surface area contributed by atoms with E-state index in [2.05, 4.69) is 30.3 Å². The first-order chi connectivity index (χ1) is 12.9. The fourth-order valence-corrected chi connectivity index (χ4v) is 2.94. The van der Waals surface area contributed by atoms with Gasteiger partial charge in [-0.3, -0.25) is 15.0 Å². The van der Waals surface area contributed by atoms with E-state index < -0.39 is 0 Å². The van der Waals surface area contributed by atoms with Crippen LogP contribution in [0.4, 0.5) is 0 Å². The molecule has 1 amide bonds. The van der Waals surface area contributed by atoms with E-state index in [1.165, 1.54) is 6.92 Å². The Morgan fingerprint density at radius 1 is 1.22 bits per heavy atom. The second-order valence-electron chi connectivity index (χ2n) is 6.84. The van der Waals surface area contributed by atoms with E-state index in [0.717, 1.165) is 21.6 Å². The zero-order chi connectivity index (χ0) is 19.6. The highest BCUT2D eigenvalue weighted by molar-refractivity contribution is 5.82. The lowest BCUT2D eigenvalue weighted by atomic mass is 10.00. The third-order valence-corrected chi connectivity index (χ3v) is 4.26. The molecule has 0 fully saturated rings. The quantitative estimate of drug-likeness (QED) is 0.751. The lowest BCUT2D eigenvalue weighted by molar-refractivity contribution is -0.115. The summed E-state index contributed by atoms with van der Waals surface area (Å²) >= 11 is 0. The van der Waals surface area contributed by atoms with Gasteiger partial charge in [0, 0.05) is 6.92 Å². The summed E-state index contributed by atoms with van der Waals surface area (Å²) in [5.74, 6) is 1.02. The summed E-state index contributed by atoms with van der Waals surface area (Å²) in [7, 11) is 0. The van der Waals surface area contributed by atoms with Crippen LogP contribution < -0.4 is 15.7 Å². The first-order valence-corrected chi connectivity index (χ1v) is 8.88. The zero-order valence-electron chi connectivity index (χ0n) is 15.9. The monoisotopic (exact) mass is 365 g/mol. The highest BCUT2D eigenvalue weighted by atomic mass is 16.5. The van der Waals surface area contributed by atoms with Crippen molar-refractivity contribution in [1.29, 1.82) is 0 Å². The van der Waals surface area contributed by atoms with E-state index in [-0.39, 0.29) is 18.1 Å². The van der Waals surface area contributed by atoms with E-state index in [4.69, 9.17) is 4.74 Å². The number of benzene rings is 2. The van der Waals surface area contributed by atoms with E-state index in [9.17, 15) is 9.59 Å². The maximum Gasteiger partial charge on any atom is 0.280 e. The van der Waals surface area contributed by atoms with Gasteiger partial charge in [0.25, 0.3) is 5.56 Å². The summed E-state index contributed by atoms with van der Waals surface area (Å²) in [6, 6.07) is 13.0. The summed E-state index contributed by atoms with van der Waals surface area (Å²) in [4.78, 5) is 28.9.